The van der Waals surface area contributed by atoms with Crippen LogP contribution in [-0.2, 0) is 0 Å². The van der Waals surface area contributed by atoms with Crippen LogP contribution in [0.5, 0.6) is 5.75 Å². The Hall–Kier alpha value is -4.10. The number of halogens is 1. The van der Waals surface area contributed by atoms with Gasteiger partial charge in [-0.15, -0.1) is 0 Å². The number of anilines is 1. The second-order valence-corrected chi connectivity index (χ2v) is 8.19. The summed E-state index contributed by atoms with van der Waals surface area (Å²) in [6.07, 6.45) is 0. The average molecular weight is 473 g/mol. The molecule has 0 radical (unpaired) electrons. The number of allylic oxidation sites excluding steroid dienone is 1. The maximum absolute atomic E-state index is 13.2. The summed E-state index contributed by atoms with van der Waals surface area (Å²) in [5.41, 5.74) is 3.78. The van der Waals surface area contributed by atoms with Crippen LogP contribution in [0, 0.1) is 0 Å². The quantitative estimate of drug-likeness (QED) is 0.379. The van der Waals surface area contributed by atoms with E-state index in [4.69, 9.17) is 20.9 Å². The van der Waals surface area contributed by atoms with Crippen LogP contribution >= 0.6 is 11.6 Å². The Balaban J connectivity index is 1.63. The normalized spacial score (nSPS) is 15.9. The molecule has 0 spiro atoms. The van der Waals surface area contributed by atoms with Gasteiger partial charge >= 0.3 is 6.03 Å². The van der Waals surface area contributed by atoms with Crippen molar-refractivity contribution in [2.75, 3.05) is 12.0 Å². The summed E-state index contributed by atoms with van der Waals surface area (Å²) in [5.74, 6) is 1.48. The lowest BCUT2D eigenvalue weighted by Crippen LogP contribution is -2.46. The highest BCUT2D eigenvalue weighted by molar-refractivity contribution is 6.30. The molecule has 7 nitrogen and oxygen atoms in total. The van der Waals surface area contributed by atoms with Crippen LogP contribution in [0.2, 0.25) is 5.02 Å². The van der Waals surface area contributed by atoms with Crippen LogP contribution in [-0.4, -0.2) is 23.3 Å². The van der Waals surface area contributed by atoms with E-state index in [0.717, 1.165) is 22.6 Å². The van der Waals surface area contributed by atoms with Gasteiger partial charge in [-0.05, 0) is 61.0 Å². The van der Waals surface area contributed by atoms with Crippen molar-refractivity contribution in [3.63, 3.8) is 0 Å². The Labute approximate surface area is 201 Å². The highest BCUT2D eigenvalue weighted by Crippen LogP contribution is 2.39. The third kappa shape index (κ3) is 4.02. The number of hydrogen-bond donors (Lipinski definition) is 1. The summed E-state index contributed by atoms with van der Waals surface area (Å²) in [7, 11) is 1.61. The van der Waals surface area contributed by atoms with Crippen molar-refractivity contribution < 1.29 is 14.1 Å². The number of rotatable bonds is 5. The molecule has 0 bridgehead atoms. The molecule has 34 heavy (non-hydrogen) atoms. The van der Waals surface area contributed by atoms with Gasteiger partial charge in [-0.3, -0.25) is 4.90 Å². The van der Waals surface area contributed by atoms with Crippen molar-refractivity contribution in [2.45, 2.75) is 13.0 Å². The molecule has 4 aromatic rings. The second-order valence-electron chi connectivity index (χ2n) is 7.76. The van der Waals surface area contributed by atoms with E-state index >= 15 is 0 Å². The zero-order valence-corrected chi connectivity index (χ0v) is 19.3. The maximum atomic E-state index is 13.2. The van der Waals surface area contributed by atoms with Gasteiger partial charge in [0.1, 0.15) is 5.75 Å². The van der Waals surface area contributed by atoms with Crippen LogP contribution in [0.3, 0.4) is 0 Å². The van der Waals surface area contributed by atoms with Crippen molar-refractivity contribution in [3.05, 3.63) is 101 Å². The molecule has 5 rings (SSSR count). The number of methoxy groups -OCH3 is 1. The predicted octanol–water partition coefficient (Wildman–Crippen LogP) is 6.10. The number of hydrogen-bond acceptors (Lipinski definition) is 5. The number of urea groups is 1. The molecule has 1 aliphatic rings. The minimum Gasteiger partial charge on any atom is -0.497 e. The van der Waals surface area contributed by atoms with Gasteiger partial charge in [0, 0.05) is 16.3 Å². The molecular formula is C26H21ClN4O3. The first-order valence-corrected chi connectivity index (χ1v) is 11.0. The molecule has 170 valence electrons. The van der Waals surface area contributed by atoms with Crippen molar-refractivity contribution in [1.29, 1.82) is 0 Å². The molecule has 2 amide bonds. The largest absolute Gasteiger partial charge is 0.497 e. The summed E-state index contributed by atoms with van der Waals surface area (Å²) in [6, 6.07) is 23.4. The van der Waals surface area contributed by atoms with Gasteiger partial charge in [-0.2, -0.15) is 4.98 Å². The molecule has 1 atom stereocenters. The van der Waals surface area contributed by atoms with Crippen molar-refractivity contribution in [1.82, 2.24) is 15.5 Å². The number of nitrogens with zero attached hydrogens (tertiary/aromatic N) is 3. The number of carbonyl (C=O) groups excluding carboxylic acids is 1. The highest BCUT2D eigenvalue weighted by atomic mass is 35.5. The number of aromatic nitrogens is 2. The molecule has 1 aromatic heterocycles. The van der Waals surface area contributed by atoms with E-state index in [-0.39, 0.29) is 6.03 Å². The Morgan fingerprint density at radius 3 is 2.38 bits per heavy atom. The van der Waals surface area contributed by atoms with Crippen molar-refractivity contribution in [2.24, 2.45) is 0 Å². The van der Waals surface area contributed by atoms with Gasteiger partial charge in [0.25, 0.3) is 5.89 Å². The van der Waals surface area contributed by atoms with E-state index < -0.39 is 6.04 Å². The van der Waals surface area contributed by atoms with E-state index in [1.54, 1.807) is 24.1 Å². The lowest BCUT2D eigenvalue weighted by molar-refractivity contribution is 0.244. The fraction of sp³-hybridized carbons (Fsp3) is 0.115. The minimum absolute atomic E-state index is 0.245. The van der Waals surface area contributed by atoms with E-state index in [1.165, 1.54) is 0 Å². The first-order chi connectivity index (χ1) is 16.5. The molecule has 0 saturated heterocycles. The van der Waals surface area contributed by atoms with Crippen LogP contribution in [0.15, 0.2) is 89.1 Å². The highest BCUT2D eigenvalue weighted by Gasteiger charge is 2.36. The van der Waals surface area contributed by atoms with Crippen LogP contribution in [0.25, 0.3) is 17.0 Å². The van der Waals surface area contributed by atoms with Gasteiger partial charge in [-0.1, -0.05) is 47.1 Å². The first-order valence-electron chi connectivity index (χ1n) is 10.7. The van der Waals surface area contributed by atoms with E-state index in [0.29, 0.717) is 28.0 Å². The Bertz CT molecular complexity index is 1350. The fourth-order valence-corrected chi connectivity index (χ4v) is 4.13. The first kappa shape index (κ1) is 21.7. The fourth-order valence-electron chi connectivity index (χ4n) is 4.00. The standard InChI is InChI=1S/C26H21ClN4O3/c1-16-22(25-29-24(30-34-25)18-8-12-19(27)13-9-18)23(17-10-14-21(33-2)15-11-17)28-26(32)31(16)20-6-4-3-5-7-20/h3-15,23H,1-2H3,(H,28,32). The summed E-state index contributed by atoms with van der Waals surface area (Å²) < 4.78 is 11.0. The lowest BCUT2D eigenvalue weighted by Gasteiger charge is -2.35. The Morgan fingerprint density at radius 2 is 1.71 bits per heavy atom. The third-order valence-corrected chi connectivity index (χ3v) is 5.96. The Kier molecular flexibility index (Phi) is 5.77. The number of ether oxygens (including phenoxy) is 1. The lowest BCUT2D eigenvalue weighted by atomic mass is 9.94. The number of carbonyl (C=O) groups is 1. The molecule has 1 unspecified atom stereocenters. The molecule has 3 aromatic carbocycles. The SMILES string of the molecule is COc1ccc(C2NC(=O)N(c3ccccc3)C(C)=C2c2nc(-c3ccc(Cl)cc3)no2)cc1. The Morgan fingerprint density at radius 1 is 1.00 bits per heavy atom. The average Bonchev–Trinajstić information content (AvgIpc) is 3.34. The molecule has 2 heterocycles. The van der Waals surface area contributed by atoms with Crippen LogP contribution in [0.1, 0.15) is 24.4 Å². The molecule has 0 aliphatic carbocycles. The van der Waals surface area contributed by atoms with Gasteiger partial charge in [0.2, 0.25) is 5.82 Å². The zero-order chi connectivity index (χ0) is 23.7. The van der Waals surface area contributed by atoms with E-state index in [1.807, 2.05) is 73.7 Å². The molecular weight excluding hydrogens is 452 g/mol. The second kappa shape index (κ2) is 9.03. The number of amides is 2. The maximum Gasteiger partial charge on any atom is 0.326 e. The van der Waals surface area contributed by atoms with E-state index in [9.17, 15) is 4.79 Å². The molecule has 1 aliphatic heterocycles. The number of benzene rings is 3. The van der Waals surface area contributed by atoms with Gasteiger partial charge < -0.3 is 14.6 Å². The summed E-state index contributed by atoms with van der Waals surface area (Å²) in [6.45, 7) is 1.88. The van der Waals surface area contributed by atoms with Crippen LogP contribution < -0.4 is 15.0 Å². The molecule has 1 N–H and O–H groups in total. The molecule has 0 fully saturated rings. The minimum atomic E-state index is -0.489. The van der Waals surface area contributed by atoms with Crippen molar-refractivity contribution >= 4 is 28.9 Å². The van der Waals surface area contributed by atoms with Crippen molar-refractivity contribution in [3.8, 4) is 17.1 Å². The van der Waals surface area contributed by atoms with Gasteiger partial charge in [-0.25, -0.2) is 4.79 Å². The predicted molar refractivity (Wildman–Crippen MR) is 131 cm³/mol. The molecule has 0 saturated carbocycles. The summed E-state index contributed by atoms with van der Waals surface area (Å²) >= 11 is 6.02. The summed E-state index contributed by atoms with van der Waals surface area (Å²) in [5, 5.41) is 7.90. The van der Waals surface area contributed by atoms with Crippen LogP contribution in [0.4, 0.5) is 10.5 Å². The molecule has 8 heteroatoms. The monoisotopic (exact) mass is 472 g/mol. The van der Waals surface area contributed by atoms with Gasteiger partial charge in [0.05, 0.1) is 24.4 Å². The zero-order valence-electron chi connectivity index (χ0n) is 18.5. The topological polar surface area (TPSA) is 80.5 Å². The summed E-state index contributed by atoms with van der Waals surface area (Å²) in [4.78, 5) is 19.5. The van der Waals surface area contributed by atoms with Gasteiger partial charge in [0.15, 0.2) is 0 Å². The number of para-hydroxylation sites is 1. The third-order valence-electron chi connectivity index (χ3n) is 5.71. The number of nitrogens with one attached hydrogen (secondary N) is 1. The smallest absolute Gasteiger partial charge is 0.326 e. The van der Waals surface area contributed by atoms with E-state index in [2.05, 4.69) is 15.5 Å².